The van der Waals surface area contributed by atoms with Gasteiger partial charge >= 0.3 is 5.97 Å². The van der Waals surface area contributed by atoms with Crippen molar-refractivity contribution in [1.82, 2.24) is 9.38 Å². The van der Waals surface area contributed by atoms with E-state index in [2.05, 4.69) is 28.8 Å². The Bertz CT molecular complexity index is 1400. The molecule has 2 aliphatic rings. The number of para-hydroxylation sites is 1. The van der Waals surface area contributed by atoms with E-state index in [1.807, 2.05) is 24.4 Å². The van der Waals surface area contributed by atoms with E-state index in [4.69, 9.17) is 19.2 Å². The van der Waals surface area contributed by atoms with Crippen molar-refractivity contribution in [3.05, 3.63) is 71.9 Å². The summed E-state index contributed by atoms with van der Waals surface area (Å²) in [4.78, 5) is 18.0. The molecular formula is C28H27N3O4. The van der Waals surface area contributed by atoms with Crippen molar-refractivity contribution in [2.45, 2.75) is 45.1 Å². The van der Waals surface area contributed by atoms with Gasteiger partial charge in [0.25, 0.3) is 0 Å². The summed E-state index contributed by atoms with van der Waals surface area (Å²) in [5.74, 6) is 2.10. The van der Waals surface area contributed by atoms with Crippen LogP contribution < -0.4 is 19.5 Å². The van der Waals surface area contributed by atoms with Gasteiger partial charge in [0, 0.05) is 17.8 Å². The normalized spacial score (nSPS) is 15.3. The third-order valence-electron chi connectivity index (χ3n) is 6.68. The molecule has 0 unspecified atom stereocenters. The third-order valence-corrected chi connectivity index (χ3v) is 6.68. The molecule has 1 aliphatic carbocycles. The molecule has 1 aliphatic heterocycles. The van der Waals surface area contributed by atoms with E-state index in [9.17, 15) is 4.79 Å². The maximum atomic E-state index is 13.1. The number of fused-ring (bicyclic) bond motifs is 2. The number of ether oxygens (including phenoxy) is 3. The van der Waals surface area contributed by atoms with Crippen molar-refractivity contribution in [1.29, 1.82) is 0 Å². The standard InChI is InChI=1S/C28H27N3O4/c1-18-13-14-31-25(15-18)30-26(27(31)29-20-7-3-2-4-8-20)21-9-5-6-10-22(21)35-28(32)19-11-12-23-24(16-19)34-17-33-23/h5-6,9-16,20,29H,2-4,7-8,17H2,1H3. The summed E-state index contributed by atoms with van der Waals surface area (Å²) in [7, 11) is 0. The van der Waals surface area contributed by atoms with Crippen LogP contribution in [0.3, 0.4) is 0 Å². The Morgan fingerprint density at radius 2 is 1.86 bits per heavy atom. The Labute approximate surface area is 203 Å². The van der Waals surface area contributed by atoms with Crippen LogP contribution in [0.2, 0.25) is 0 Å². The molecule has 1 fully saturated rings. The highest BCUT2D eigenvalue weighted by Gasteiger charge is 2.23. The average Bonchev–Trinajstić information content (AvgIpc) is 3.49. The number of nitrogens with zero attached hydrogens (tertiary/aromatic N) is 2. The Kier molecular flexibility index (Phi) is 5.52. The van der Waals surface area contributed by atoms with Crippen molar-refractivity contribution < 1.29 is 19.0 Å². The summed E-state index contributed by atoms with van der Waals surface area (Å²) in [6.07, 6.45) is 8.07. The van der Waals surface area contributed by atoms with Gasteiger partial charge in [-0.1, -0.05) is 31.4 Å². The predicted molar refractivity (Wildman–Crippen MR) is 133 cm³/mol. The molecule has 1 saturated carbocycles. The second kappa shape index (κ2) is 8.98. The zero-order valence-corrected chi connectivity index (χ0v) is 19.6. The summed E-state index contributed by atoms with van der Waals surface area (Å²) in [5.41, 5.74) is 3.93. The Morgan fingerprint density at radius 1 is 1.03 bits per heavy atom. The first-order valence-electron chi connectivity index (χ1n) is 12.1. The molecule has 0 amide bonds. The number of hydrogen-bond donors (Lipinski definition) is 1. The molecule has 1 N–H and O–H groups in total. The molecule has 6 rings (SSSR count). The van der Waals surface area contributed by atoms with Crippen LogP contribution in [0.5, 0.6) is 17.2 Å². The molecular weight excluding hydrogens is 442 g/mol. The number of esters is 1. The van der Waals surface area contributed by atoms with Crippen LogP contribution in [0.4, 0.5) is 5.82 Å². The molecule has 7 heteroatoms. The summed E-state index contributed by atoms with van der Waals surface area (Å²) in [5, 5.41) is 3.76. The number of nitrogens with one attached hydrogen (secondary N) is 1. The lowest BCUT2D eigenvalue weighted by Crippen LogP contribution is -2.23. The second-order valence-corrected chi connectivity index (χ2v) is 9.17. The highest BCUT2D eigenvalue weighted by atomic mass is 16.7. The molecule has 7 nitrogen and oxygen atoms in total. The maximum Gasteiger partial charge on any atom is 0.343 e. The molecule has 0 saturated heterocycles. The predicted octanol–water partition coefficient (Wildman–Crippen LogP) is 6.00. The summed E-state index contributed by atoms with van der Waals surface area (Å²) in [6, 6.07) is 17.1. The van der Waals surface area contributed by atoms with Gasteiger partial charge in [0.1, 0.15) is 22.9 Å². The molecule has 0 atom stereocenters. The summed E-state index contributed by atoms with van der Waals surface area (Å²) in [6.45, 7) is 2.21. The minimum absolute atomic E-state index is 0.154. The van der Waals surface area contributed by atoms with Crippen LogP contribution in [0.1, 0.15) is 48.0 Å². The van der Waals surface area contributed by atoms with E-state index in [1.54, 1.807) is 24.3 Å². The highest BCUT2D eigenvalue weighted by Crippen LogP contribution is 2.38. The number of carbonyl (C=O) groups is 1. The number of imidazole rings is 1. The first kappa shape index (κ1) is 21.5. The fourth-order valence-electron chi connectivity index (χ4n) is 4.85. The minimum atomic E-state index is -0.461. The Morgan fingerprint density at radius 3 is 2.74 bits per heavy atom. The smallest absolute Gasteiger partial charge is 0.343 e. The number of benzene rings is 2. The fraction of sp³-hybridized carbons (Fsp3) is 0.286. The largest absolute Gasteiger partial charge is 0.454 e. The van der Waals surface area contributed by atoms with Gasteiger partial charge in [-0.3, -0.25) is 4.40 Å². The molecule has 0 spiro atoms. The fourth-order valence-corrected chi connectivity index (χ4v) is 4.85. The SMILES string of the molecule is Cc1ccn2c(NC3CCCCC3)c(-c3ccccc3OC(=O)c3ccc4c(c3)OCO4)nc2c1. The zero-order chi connectivity index (χ0) is 23.8. The molecule has 0 radical (unpaired) electrons. The molecule has 2 aromatic carbocycles. The van der Waals surface area contributed by atoms with Crippen molar-refractivity contribution in [3.63, 3.8) is 0 Å². The number of carbonyl (C=O) groups excluding carboxylic acids is 1. The molecule has 35 heavy (non-hydrogen) atoms. The van der Waals surface area contributed by atoms with Crippen molar-refractivity contribution in [2.24, 2.45) is 0 Å². The van der Waals surface area contributed by atoms with Gasteiger partial charge in [-0.2, -0.15) is 0 Å². The summed E-state index contributed by atoms with van der Waals surface area (Å²) < 4.78 is 18.8. The van der Waals surface area contributed by atoms with Crippen LogP contribution in [0.25, 0.3) is 16.9 Å². The quantitative estimate of drug-likeness (QED) is 0.285. The van der Waals surface area contributed by atoms with Crippen molar-refractivity contribution >= 4 is 17.4 Å². The summed E-state index contributed by atoms with van der Waals surface area (Å²) >= 11 is 0. The van der Waals surface area contributed by atoms with Crippen LogP contribution in [0, 0.1) is 6.92 Å². The topological polar surface area (TPSA) is 74.1 Å². The van der Waals surface area contributed by atoms with E-state index in [0.29, 0.717) is 28.9 Å². The number of anilines is 1. The first-order valence-corrected chi connectivity index (χ1v) is 12.1. The van der Waals surface area contributed by atoms with Crippen LogP contribution in [-0.2, 0) is 0 Å². The monoisotopic (exact) mass is 469 g/mol. The number of hydrogen-bond acceptors (Lipinski definition) is 6. The minimum Gasteiger partial charge on any atom is -0.454 e. The lowest BCUT2D eigenvalue weighted by Gasteiger charge is -2.24. The van der Waals surface area contributed by atoms with Gasteiger partial charge in [0.15, 0.2) is 11.5 Å². The highest BCUT2D eigenvalue weighted by molar-refractivity contribution is 5.93. The van der Waals surface area contributed by atoms with Crippen molar-refractivity contribution in [3.8, 4) is 28.5 Å². The third kappa shape index (κ3) is 4.18. The number of pyridine rings is 1. The van der Waals surface area contributed by atoms with Gasteiger partial charge in [-0.05, 0) is 67.8 Å². The number of aromatic nitrogens is 2. The first-order chi connectivity index (χ1) is 17.2. The van der Waals surface area contributed by atoms with Gasteiger partial charge in [-0.15, -0.1) is 0 Å². The maximum absolute atomic E-state index is 13.1. The van der Waals surface area contributed by atoms with Gasteiger partial charge in [0.05, 0.1) is 5.56 Å². The van der Waals surface area contributed by atoms with E-state index in [1.165, 1.54) is 19.3 Å². The van der Waals surface area contributed by atoms with Gasteiger partial charge in [-0.25, -0.2) is 9.78 Å². The van der Waals surface area contributed by atoms with Crippen molar-refractivity contribution in [2.75, 3.05) is 12.1 Å². The lowest BCUT2D eigenvalue weighted by atomic mass is 9.95. The molecule has 2 aromatic heterocycles. The average molecular weight is 470 g/mol. The van der Waals surface area contributed by atoms with Gasteiger partial charge < -0.3 is 19.5 Å². The Hall–Kier alpha value is -4.00. The van der Waals surface area contributed by atoms with Crippen LogP contribution >= 0.6 is 0 Å². The molecule has 4 aromatic rings. The van der Waals surface area contributed by atoms with Crippen LogP contribution in [-0.4, -0.2) is 28.2 Å². The van der Waals surface area contributed by atoms with E-state index < -0.39 is 5.97 Å². The molecule has 3 heterocycles. The zero-order valence-electron chi connectivity index (χ0n) is 19.6. The van der Waals surface area contributed by atoms with Crippen LogP contribution in [0.15, 0.2) is 60.8 Å². The molecule has 178 valence electrons. The van der Waals surface area contributed by atoms with E-state index in [0.717, 1.165) is 41.1 Å². The molecule has 0 bridgehead atoms. The van der Waals surface area contributed by atoms with E-state index in [-0.39, 0.29) is 6.79 Å². The van der Waals surface area contributed by atoms with E-state index >= 15 is 0 Å². The number of aryl methyl sites for hydroxylation is 1. The Balaban J connectivity index is 1.38. The second-order valence-electron chi connectivity index (χ2n) is 9.17. The number of rotatable bonds is 5. The lowest BCUT2D eigenvalue weighted by molar-refractivity contribution is 0.0735. The van der Waals surface area contributed by atoms with Gasteiger partial charge in [0.2, 0.25) is 6.79 Å².